The maximum absolute atomic E-state index is 11.0. The third-order valence-corrected chi connectivity index (χ3v) is 2.56. The number of hydrogen-bond acceptors (Lipinski definition) is 3. The van der Waals surface area contributed by atoms with Crippen molar-refractivity contribution in [2.75, 3.05) is 6.61 Å². The number of hydrogen-bond donors (Lipinski definition) is 1. The second-order valence-electron chi connectivity index (χ2n) is 3.92. The SMILES string of the molecule is CC(N)C(=O)OCC1CCCCC1. The van der Waals surface area contributed by atoms with E-state index in [1.54, 1.807) is 6.92 Å². The van der Waals surface area contributed by atoms with E-state index in [0.29, 0.717) is 12.5 Å². The summed E-state index contributed by atoms with van der Waals surface area (Å²) >= 11 is 0. The predicted molar refractivity (Wildman–Crippen MR) is 51.2 cm³/mol. The van der Waals surface area contributed by atoms with Crippen molar-refractivity contribution in [1.29, 1.82) is 0 Å². The predicted octanol–water partition coefficient (Wildman–Crippen LogP) is 1.46. The smallest absolute Gasteiger partial charge is 0.322 e. The minimum absolute atomic E-state index is 0.273. The van der Waals surface area contributed by atoms with Crippen molar-refractivity contribution in [3.05, 3.63) is 0 Å². The van der Waals surface area contributed by atoms with Gasteiger partial charge in [0.15, 0.2) is 0 Å². The fourth-order valence-corrected chi connectivity index (χ4v) is 1.69. The van der Waals surface area contributed by atoms with Crippen molar-refractivity contribution in [2.45, 2.75) is 45.1 Å². The van der Waals surface area contributed by atoms with Crippen molar-refractivity contribution >= 4 is 5.97 Å². The molecule has 0 heterocycles. The van der Waals surface area contributed by atoms with Crippen LogP contribution in [0.25, 0.3) is 0 Å². The zero-order chi connectivity index (χ0) is 9.68. The monoisotopic (exact) mass is 185 g/mol. The highest BCUT2D eigenvalue weighted by Crippen LogP contribution is 2.23. The molecule has 1 rings (SSSR count). The summed E-state index contributed by atoms with van der Waals surface area (Å²) in [5.41, 5.74) is 5.38. The van der Waals surface area contributed by atoms with Gasteiger partial charge < -0.3 is 10.5 Å². The fraction of sp³-hybridized carbons (Fsp3) is 0.900. The Morgan fingerprint density at radius 1 is 1.46 bits per heavy atom. The Morgan fingerprint density at radius 2 is 2.08 bits per heavy atom. The summed E-state index contributed by atoms with van der Waals surface area (Å²) in [6.45, 7) is 2.23. The van der Waals surface area contributed by atoms with Crippen molar-refractivity contribution in [1.82, 2.24) is 0 Å². The Balaban J connectivity index is 2.13. The van der Waals surface area contributed by atoms with Crippen LogP contribution in [0.4, 0.5) is 0 Å². The number of ether oxygens (including phenoxy) is 1. The summed E-state index contributed by atoms with van der Waals surface area (Å²) in [7, 11) is 0. The summed E-state index contributed by atoms with van der Waals surface area (Å²) in [6.07, 6.45) is 6.29. The van der Waals surface area contributed by atoms with E-state index in [-0.39, 0.29) is 5.97 Å². The van der Waals surface area contributed by atoms with E-state index in [1.807, 2.05) is 0 Å². The molecule has 1 aliphatic rings. The molecule has 0 spiro atoms. The van der Waals surface area contributed by atoms with Gasteiger partial charge in [-0.3, -0.25) is 4.79 Å². The molecule has 1 fully saturated rings. The third-order valence-electron chi connectivity index (χ3n) is 2.56. The largest absolute Gasteiger partial charge is 0.464 e. The normalized spacial score (nSPS) is 21.1. The molecule has 2 N–H and O–H groups in total. The van der Waals surface area contributed by atoms with Crippen LogP contribution in [0.5, 0.6) is 0 Å². The van der Waals surface area contributed by atoms with Gasteiger partial charge in [0.25, 0.3) is 0 Å². The van der Waals surface area contributed by atoms with E-state index >= 15 is 0 Å². The molecule has 0 bridgehead atoms. The Bertz CT molecular complexity index is 162. The van der Waals surface area contributed by atoms with Crippen molar-refractivity contribution in [3.8, 4) is 0 Å². The van der Waals surface area contributed by atoms with Gasteiger partial charge in [-0.05, 0) is 25.7 Å². The van der Waals surface area contributed by atoms with Gasteiger partial charge >= 0.3 is 5.97 Å². The zero-order valence-corrected chi connectivity index (χ0v) is 8.29. The molecule has 0 saturated heterocycles. The molecule has 0 aliphatic heterocycles. The Kier molecular flexibility index (Phi) is 4.22. The Morgan fingerprint density at radius 3 is 2.62 bits per heavy atom. The number of esters is 1. The van der Waals surface area contributed by atoms with Crippen molar-refractivity contribution in [3.63, 3.8) is 0 Å². The van der Waals surface area contributed by atoms with Gasteiger partial charge in [-0.25, -0.2) is 0 Å². The highest BCUT2D eigenvalue weighted by molar-refractivity contribution is 5.74. The zero-order valence-electron chi connectivity index (χ0n) is 8.29. The van der Waals surface area contributed by atoms with Gasteiger partial charge in [-0.1, -0.05) is 19.3 Å². The minimum Gasteiger partial charge on any atom is -0.464 e. The summed E-state index contributed by atoms with van der Waals surface area (Å²) < 4.78 is 5.08. The standard InChI is InChI=1S/C10H19NO2/c1-8(11)10(12)13-7-9-5-3-2-4-6-9/h8-9H,2-7,11H2,1H3. The average Bonchev–Trinajstić information content (AvgIpc) is 2.15. The average molecular weight is 185 g/mol. The van der Waals surface area contributed by atoms with Gasteiger partial charge in [-0.15, -0.1) is 0 Å². The van der Waals surface area contributed by atoms with E-state index in [4.69, 9.17) is 10.5 Å². The van der Waals surface area contributed by atoms with Crippen LogP contribution in [-0.4, -0.2) is 18.6 Å². The molecule has 0 radical (unpaired) electrons. The summed E-state index contributed by atoms with van der Waals surface area (Å²) in [4.78, 5) is 11.0. The van der Waals surface area contributed by atoms with Crippen molar-refractivity contribution in [2.24, 2.45) is 11.7 Å². The molecule has 0 amide bonds. The van der Waals surface area contributed by atoms with Gasteiger partial charge in [0.1, 0.15) is 6.04 Å². The quantitative estimate of drug-likeness (QED) is 0.677. The maximum Gasteiger partial charge on any atom is 0.322 e. The number of carbonyl (C=O) groups is 1. The lowest BCUT2D eigenvalue weighted by molar-refractivity contribution is -0.146. The molecule has 76 valence electrons. The van der Waals surface area contributed by atoms with Gasteiger partial charge in [0.05, 0.1) is 6.61 Å². The van der Waals surface area contributed by atoms with E-state index in [0.717, 1.165) is 0 Å². The van der Waals surface area contributed by atoms with Crippen LogP contribution in [0, 0.1) is 5.92 Å². The lowest BCUT2D eigenvalue weighted by atomic mass is 9.90. The summed E-state index contributed by atoms with van der Waals surface area (Å²) in [5, 5.41) is 0. The van der Waals surface area contributed by atoms with Crippen LogP contribution >= 0.6 is 0 Å². The molecule has 13 heavy (non-hydrogen) atoms. The van der Waals surface area contributed by atoms with Crippen LogP contribution < -0.4 is 5.73 Å². The maximum atomic E-state index is 11.0. The first-order valence-corrected chi connectivity index (χ1v) is 5.12. The molecule has 3 nitrogen and oxygen atoms in total. The molecule has 0 aromatic heterocycles. The van der Waals surface area contributed by atoms with Crippen LogP contribution in [0.1, 0.15) is 39.0 Å². The topological polar surface area (TPSA) is 52.3 Å². The Hall–Kier alpha value is -0.570. The van der Waals surface area contributed by atoms with E-state index < -0.39 is 6.04 Å². The molecule has 1 aliphatic carbocycles. The number of rotatable bonds is 3. The van der Waals surface area contributed by atoms with E-state index in [2.05, 4.69) is 0 Å². The minimum atomic E-state index is -0.483. The van der Waals surface area contributed by atoms with Crippen LogP contribution in [-0.2, 0) is 9.53 Å². The first-order chi connectivity index (χ1) is 6.20. The number of carbonyl (C=O) groups excluding carboxylic acids is 1. The van der Waals surface area contributed by atoms with Gasteiger partial charge in [-0.2, -0.15) is 0 Å². The fourth-order valence-electron chi connectivity index (χ4n) is 1.69. The number of nitrogens with two attached hydrogens (primary N) is 1. The molecule has 1 atom stereocenters. The highest BCUT2D eigenvalue weighted by Gasteiger charge is 2.16. The van der Waals surface area contributed by atoms with Gasteiger partial charge in [0, 0.05) is 0 Å². The molecular formula is C10H19NO2. The lowest BCUT2D eigenvalue weighted by Gasteiger charge is -2.21. The summed E-state index contributed by atoms with van der Waals surface area (Å²) in [6, 6.07) is -0.483. The third kappa shape index (κ3) is 3.77. The van der Waals surface area contributed by atoms with Crippen LogP contribution in [0.15, 0.2) is 0 Å². The first-order valence-electron chi connectivity index (χ1n) is 5.12. The molecule has 1 unspecified atom stereocenters. The van der Waals surface area contributed by atoms with Crippen LogP contribution in [0.2, 0.25) is 0 Å². The van der Waals surface area contributed by atoms with Crippen LogP contribution in [0.3, 0.4) is 0 Å². The van der Waals surface area contributed by atoms with Gasteiger partial charge in [0.2, 0.25) is 0 Å². The Labute approximate surface area is 79.6 Å². The second kappa shape index (κ2) is 5.22. The molecule has 1 saturated carbocycles. The molecule has 3 heteroatoms. The lowest BCUT2D eigenvalue weighted by Crippen LogP contribution is -2.30. The molecule has 0 aromatic rings. The molecular weight excluding hydrogens is 166 g/mol. The summed E-state index contributed by atoms with van der Waals surface area (Å²) in [5.74, 6) is 0.307. The first kappa shape index (κ1) is 10.5. The van der Waals surface area contributed by atoms with E-state index in [9.17, 15) is 4.79 Å². The van der Waals surface area contributed by atoms with Crippen molar-refractivity contribution < 1.29 is 9.53 Å². The second-order valence-corrected chi connectivity index (χ2v) is 3.92. The highest BCUT2D eigenvalue weighted by atomic mass is 16.5. The van der Waals surface area contributed by atoms with E-state index in [1.165, 1.54) is 32.1 Å². The molecule has 0 aromatic carbocycles.